The number of Topliss-reactive ketones (excluding diaryl/α,β-unsaturated/α-hetero) is 1. The zero-order chi connectivity index (χ0) is 20.1. The number of fused-ring (bicyclic) bond motifs is 1. The molecule has 29 heavy (non-hydrogen) atoms. The molecule has 0 unspecified atom stereocenters. The van der Waals surface area contributed by atoms with Gasteiger partial charge in [0.15, 0.2) is 5.78 Å². The third-order valence-electron chi connectivity index (χ3n) is 5.37. The van der Waals surface area contributed by atoms with E-state index in [-0.39, 0.29) is 11.7 Å². The molecule has 1 aliphatic rings. The predicted molar refractivity (Wildman–Crippen MR) is 122 cm³/mol. The molecular weight excluding hydrogens is 400 g/mol. The second-order valence-corrected chi connectivity index (χ2v) is 9.03. The summed E-state index contributed by atoms with van der Waals surface area (Å²) in [6.07, 6.45) is 1.91. The van der Waals surface area contributed by atoms with Gasteiger partial charge in [-0.25, -0.2) is 4.98 Å². The number of rotatable bonds is 4. The molecule has 0 aliphatic heterocycles. The molecule has 1 fully saturated rings. The summed E-state index contributed by atoms with van der Waals surface area (Å²) in [5.74, 6) is 0.283. The predicted octanol–water partition coefficient (Wildman–Crippen LogP) is 6.77. The first-order valence-corrected chi connectivity index (χ1v) is 10.8. The van der Waals surface area contributed by atoms with E-state index in [0.717, 1.165) is 45.4 Å². The fraction of sp³-hybridized carbons (Fsp3) is 0.167. The third kappa shape index (κ3) is 3.33. The van der Waals surface area contributed by atoms with Crippen LogP contribution in [0, 0.1) is 12.8 Å². The van der Waals surface area contributed by atoms with Gasteiger partial charge in [0, 0.05) is 21.9 Å². The van der Waals surface area contributed by atoms with Crippen LogP contribution in [0.3, 0.4) is 0 Å². The normalized spacial score (nSPS) is 13.7. The molecule has 2 heterocycles. The number of nitrogens with zero attached hydrogens (tertiary/aromatic N) is 1. The lowest BCUT2D eigenvalue weighted by Gasteiger charge is -2.09. The Kier molecular flexibility index (Phi) is 4.41. The summed E-state index contributed by atoms with van der Waals surface area (Å²) < 4.78 is 0. The van der Waals surface area contributed by atoms with E-state index in [1.54, 1.807) is 0 Å². The van der Waals surface area contributed by atoms with E-state index in [4.69, 9.17) is 22.3 Å². The van der Waals surface area contributed by atoms with Crippen LogP contribution in [-0.4, -0.2) is 10.8 Å². The molecule has 0 spiro atoms. The molecular formula is C24H19ClN2OS. The van der Waals surface area contributed by atoms with Gasteiger partial charge in [-0.1, -0.05) is 53.6 Å². The van der Waals surface area contributed by atoms with Gasteiger partial charge >= 0.3 is 0 Å². The Morgan fingerprint density at radius 3 is 2.38 bits per heavy atom. The van der Waals surface area contributed by atoms with Crippen molar-refractivity contribution in [2.24, 2.45) is 5.92 Å². The summed E-state index contributed by atoms with van der Waals surface area (Å²) in [5, 5.41) is 1.54. The number of pyridine rings is 1. The average Bonchev–Trinajstić information content (AvgIpc) is 3.52. The standard InChI is InChI=1S/C24H19ClN2OS/c1-13-2-4-15(5-3-13)19-12-18(14-8-10-17(25)11-9-14)20-21(26)23(29-24(20)27-19)22(28)16-6-7-16/h2-5,8-12,16H,6-7,26H2,1H3. The minimum Gasteiger partial charge on any atom is -0.397 e. The van der Waals surface area contributed by atoms with Crippen LogP contribution in [0.4, 0.5) is 5.69 Å². The zero-order valence-electron chi connectivity index (χ0n) is 15.9. The van der Waals surface area contributed by atoms with Crippen LogP contribution in [0.25, 0.3) is 32.6 Å². The molecule has 144 valence electrons. The highest BCUT2D eigenvalue weighted by molar-refractivity contribution is 7.21. The number of halogens is 1. The van der Waals surface area contributed by atoms with Gasteiger partial charge in [0.25, 0.3) is 0 Å². The van der Waals surface area contributed by atoms with Gasteiger partial charge in [0.1, 0.15) is 4.83 Å². The zero-order valence-corrected chi connectivity index (χ0v) is 17.5. The van der Waals surface area contributed by atoms with Crippen LogP contribution in [0.5, 0.6) is 0 Å². The lowest BCUT2D eigenvalue weighted by Crippen LogP contribution is -2.01. The number of benzene rings is 2. The molecule has 4 aromatic rings. The average molecular weight is 419 g/mol. The molecule has 0 bridgehead atoms. The molecule has 0 atom stereocenters. The van der Waals surface area contributed by atoms with Crippen molar-refractivity contribution in [2.75, 3.05) is 5.73 Å². The molecule has 2 aromatic heterocycles. The Morgan fingerprint density at radius 1 is 1.07 bits per heavy atom. The van der Waals surface area contributed by atoms with Crippen molar-refractivity contribution >= 4 is 44.6 Å². The Morgan fingerprint density at radius 2 is 1.72 bits per heavy atom. The van der Waals surface area contributed by atoms with Crippen molar-refractivity contribution in [1.29, 1.82) is 0 Å². The number of nitrogen functional groups attached to an aromatic ring is 1. The van der Waals surface area contributed by atoms with E-state index < -0.39 is 0 Å². The summed E-state index contributed by atoms with van der Waals surface area (Å²) in [4.78, 5) is 19.1. The number of nitrogens with two attached hydrogens (primary N) is 1. The van der Waals surface area contributed by atoms with Crippen LogP contribution < -0.4 is 5.73 Å². The lowest BCUT2D eigenvalue weighted by molar-refractivity contribution is 0.0972. The topological polar surface area (TPSA) is 56.0 Å². The lowest BCUT2D eigenvalue weighted by atomic mass is 9.99. The summed E-state index contributed by atoms with van der Waals surface area (Å²) in [6.45, 7) is 2.06. The molecule has 2 N–H and O–H groups in total. The van der Waals surface area contributed by atoms with E-state index in [1.165, 1.54) is 16.9 Å². The Bertz CT molecular complexity index is 1240. The fourth-order valence-corrected chi connectivity index (χ4v) is 4.83. The monoisotopic (exact) mass is 418 g/mol. The van der Waals surface area contributed by atoms with Crippen LogP contribution in [0.2, 0.25) is 5.02 Å². The summed E-state index contributed by atoms with van der Waals surface area (Å²) >= 11 is 7.51. The minimum absolute atomic E-state index is 0.126. The Balaban J connectivity index is 1.77. The summed E-state index contributed by atoms with van der Waals surface area (Å²) in [6, 6.07) is 18.1. The maximum absolute atomic E-state index is 12.8. The van der Waals surface area contributed by atoms with Crippen LogP contribution in [0.1, 0.15) is 28.1 Å². The highest BCUT2D eigenvalue weighted by atomic mass is 35.5. The van der Waals surface area contributed by atoms with Gasteiger partial charge in [0.05, 0.1) is 16.3 Å². The maximum atomic E-state index is 12.8. The van der Waals surface area contributed by atoms with Crippen molar-refractivity contribution in [3.05, 3.63) is 70.1 Å². The molecule has 5 heteroatoms. The number of ketones is 1. The highest BCUT2D eigenvalue weighted by Gasteiger charge is 2.33. The van der Waals surface area contributed by atoms with Crippen molar-refractivity contribution in [2.45, 2.75) is 19.8 Å². The molecule has 3 nitrogen and oxygen atoms in total. The van der Waals surface area contributed by atoms with Gasteiger partial charge < -0.3 is 5.73 Å². The SMILES string of the molecule is Cc1ccc(-c2cc(-c3ccc(Cl)cc3)c3c(N)c(C(=O)C4CC4)sc3n2)cc1. The van der Waals surface area contributed by atoms with E-state index in [9.17, 15) is 4.79 Å². The van der Waals surface area contributed by atoms with Gasteiger partial charge in [-0.2, -0.15) is 0 Å². The first-order valence-electron chi connectivity index (χ1n) is 9.61. The molecule has 1 saturated carbocycles. The number of thiophene rings is 1. The third-order valence-corrected chi connectivity index (χ3v) is 6.74. The van der Waals surface area contributed by atoms with Crippen molar-refractivity contribution < 1.29 is 4.79 Å². The molecule has 2 aromatic carbocycles. The Labute approximate surface area is 178 Å². The number of hydrogen-bond acceptors (Lipinski definition) is 4. The van der Waals surface area contributed by atoms with E-state index in [0.29, 0.717) is 15.6 Å². The quantitative estimate of drug-likeness (QED) is 0.372. The van der Waals surface area contributed by atoms with Crippen molar-refractivity contribution in [3.8, 4) is 22.4 Å². The first kappa shape index (κ1) is 18.3. The second kappa shape index (κ2) is 6.97. The number of carbonyl (C=O) groups excluding carboxylic acids is 1. The second-order valence-electron chi connectivity index (χ2n) is 7.59. The van der Waals surface area contributed by atoms with Crippen LogP contribution in [-0.2, 0) is 0 Å². The van der Waals surface area contributed by atoms with E-state index >= 15 is 0 Å². The van der Waals surface area contributed by atoms with Gasteiger partial charge in [-0.05, 0) is 49.1 Å². The van der Waals surface area contributed by atoms with Crippen molar-refractivity contribution in [1.82, 2.24) is 4.98 Å². The highest BCUT2D eigenvalue weighted by Crippen LogP contribution is 2.44. The number of anilines is 1. The summed E-state index contributed by atoms with van der Waals surface area (Å²) in [7, 11) is 0. The number of carbonyl (C=O) groups is 1. The van der Waals surface area contributed by atoms with Gasteiger partial charge in [-0.3, -0.25) is 4.79 Å². The molecule has 0 saturated heterocycles. The summed E-state index contributed by atoms with van der Waals surface area (Å²) in [5.41, 5.74) is 12.1. The Hall–Kier alpha value is -2.69. The number of aryl methyl sites for hydroxylation is 1. The van der Waals surface area contributed by atoms with E-state index in [2.05, 4.69) is 37.3 Å². The molecule has 0 amide bonds. The number of aromatic nitrogens is 1. The largest absolute Gasteiger partial charge is 0.397 e. The molecule has 1 aliphatic carbocycles. The van der Waals surface area contributed by atoms with Crippen LogP contribution >= 0.6 is 22.9 Å². The number of hydrogen-bond donors (Lipinski definition) is 1. The fourth-order valence-electron chi connectivity index (χ4n) is 3.56. The molecule has 0 radical (unpaired) electrons. The van der Waals surface area contributed by atoms with Gasteiger partial charge in [0.2, 0.25) is 0 Å². The molecule has 5 rings (SSSR count). The van der Waals surface area contributed by atoms with Gasteiger partial charge in [-0.15, -0.1) is 11.3 Å². The van der Waals surface area contributed by atoms with Crippen LogP contribution in [0.15, 0.2) is 54.6 Å². The smallest absolute Gasteiger partial charge is 0.178 e. The van der Waals surface area contributed by atoms with E-state index in [1.807, 2.05) is 24.3 Å². The first-order chi connectivity index (χ1) is 14.0. The maximum Gasteiger partial charge on any atom is 0.178 e. The van der Waals surface area contributed by atoms with Crippen molar-refractivity contribution in [3.63, 3.8) is 0 Å². The minimum atomic E-state index is 0.126.